The Morgan fingerprint density at radius 2 is 2.31 bits per heavy atom. The SMILES string of the molecule is COc1ccc(-c2cnc(CCl)o2)cc1Br. The lowest BCUT2D eigenvalue weighted by molar-refractivity contribution is 0.412. The Balaban J connectivity index is 2.37. The fourth-order valence-electron chi connectivity index (χ4n) is 1.33. The molecule has 0 radical (unpaired) electrons. The Labute approximate surface area is 107 Å². The van der Waals surface area contributed by atoms with E-state index in [2.05, 4.69) is 20.9 Å². The van der Waals surface area contributed by atoms with Crippen LogP contribution < -0.4 is 4.74 Å². The number of hydrogen-bond acceptors (Lipinski definition) is 3. The van der Waals surface area contributed by atoms with Gasteiger partial charge in [0.2, 0.25) is 5.89 Å². The molecule has 0 spiro atoms. The molecule has 2 rings (SSSR count). The first-order valence-electron chi connectivity index (χ1n) is 4.59. The number of alkyl halides is 1. The molecule has 0 N–H and O–H groups in total. The largest absolute Gasteiger partial charge is 0.496 e. The second-order valence-electron chi connectivity index (χ2n) is 3.10. The van der Waals surface area contributed by atoms with E-state index < -0.39 is 0 Å². The second kappa shape index (κ2) is 4.89. The van der Waals surface area contributed by atoms with Crippen LogP contribution in [-0.4, -0.2) is 12.1 Å². The van der Waals surface area contributed by atoms with E-state index in [0.717, 1.165) is 15.8 Å². The molecule has 16 heavy (non-hydrogen) atoms. The van der Waals surface area contributed by atoms with Crippen molar-refractivity contribution in [2.75, 3.05) is 7.11 Å². The van der Waals surface area contributed by atoms with E-state index in [0.29, 0.717) is 11.7 Å². The highest BCUT2D eigenvalue weighted by Gasteiger charge is 2.08. The van der Waals surface area contributed by atoms with Gasteiger partial charge in [0.1, 0.15) is 5.75 Å². The Kier molecular flexibility index (Phi) is 3.51. The molecule has 0 saturated carbocycles. The monoisotopic (exact) mass is 301 g/mol. The fourth-order valence-corrected chi connectivity index (χ4v) is 1.99. The van der Waals surface area contributed by atoms with Crippen molar-refractivity contribution in [2.45, 2.75) is 5.88 Å². The first-order valence-corrected chi connectivity index (χ1v) is 5.92. The van der Waals surface area contributed by atoms with E-state index in [1.807, 2.05) is 18.2 Å². The minimum absolute atomic E-state index is 0.275. The van der Waals surface area contributed by atoms with Crippen LogP contribution in [0.1, 0.15) is 5.89 Å². The van der Waals surface area contributed by atoms with Crippen molar-refractivity contribution in [2.24, 2.45) is 0 Å². The molecule has 0 fully saturated rings. The highest BCUT2D eigenvalue weighted by atomic mass is 79.9. The Hall–Kier alpha value is -1.00. The number of halogens is 2. The summed E-state index contributed by atoms with van der Waals surface area (Å²) in [6.07, 6.45) is 1.66. The van der Waals surface area contributed by atoms with Gasteiger partial charge in [0.25, 0.3) is 0 Å². The van der Waals surface area contributed by atoms with Crippen LogP contribution in [0.5, 0.6) is 5.75 Å². The van der Waals surface area contributed by atoms with Crippen LogP contribution >= 0.6 is 27.5 Å². The number of rotatable bonds is 3. The lowest BCUT2D eigenvalue weighted by Crippen LogP contribution is -1.84. The van der Waals surface area contributed by atoms with Gasteiger partial charge >= 0.3 is 0 Å². The number of hydrogen-bond donors (Lipinski definition) is 0. The maximum atomic E-state index is 5.62. The summed E-state index contributed by atoms with van der Waals surface area (Å²) >= 11 is 9.04. The van der Waals surface area contributed by atoms with Crippen LogP contribution in [0.4, 0.5) is 0 Å². The Morgan fingerprint density at radius 1 is 1.50 bits per heavy atom. The zero-order valence-corrected chi connectivity index (χ0v) is 10.9. The molecule has 0 amide bonds. The molecule has 0 aliphatic carbocycles. The minimum atomic E-state index is 0.275. The zero-order valence-electron chi connectivity index (χ0n) is 8.54. The normalized spacial score (nSPS) is 10.4. The van der Waals surface area contributed by atoms with Gasteiger partial charge in [-0.2, -0.15) is 0 Å². The maximum absolute atomic E-state index is 5.62. The van der Waals surface area contributed by atoms with Gasteiger partial charge in [-0.05, 0) is 34.1 Å². The summed E-state index contributed by atoms with van der Waals surface area (Å²) in [7, 11) is 1.62. The van der Waals surface area contributed by atoms with Crippen molar-refractivity contribution in [1.82, 2.24) is 4.98 Å². The summed E-state index contributed by atoms with van der Waals surface area (Å²) in [5, 5.41) is 0. The van der Waals surface area contributed by atoms with Crippen molar-refractivity contribution in [3.05, 3.63) is 34.8 Å². The van der Waals surface area contributed by atoms with Gasteiger partial charge in [-0.3, -0.25) is 0 Å². The summed E-state index contributed by atoms with van der Waals surface area (Å²) in [4.78, 5) is 4.04. The van der Waals surface area contributed by atoms with E-state index in [1.165, 1.54) is 0 Å². The molecule has 1 aromatic carbocycles. The third-order valence-electron chi connectivity index (χ3n) is 2.10. The molecule has 2 aromatic rings. The predicted molar refractivity (Wildman–Crippen MR) is 65.7 cm³/mol. The maximum Gasteiger partial charge on any atom is 0.209 e. The van der Waals surface area contributed by atoms with Crippen LogP contribution in [0.25, 0.3) is 11.3 Å². The molecule has 1 aromatic heterocycles. The standard InChI is InChI=1S/C11H9BrClNO2/c1-15-9-3-2-7(4-8(9)12)10-6-14-11(5-13)16-10/h2-4,6H,5H2,1H3. The molecule has 0 aliphatic heterocycles. The van der Waals surface area contributed by atoms with Crippen LogP contribution in [0, 0.1) is 0 Å². The molecular formula is C11H9BrClNO2. The van der Waals surface area contributed by atoms with E-state index in [-0.39, 0.29) is 5.88 Å². The molecule has 0 unspecified atom stereocenters. The molecule has 0 atom stereocenters. The van der Waals surface area contributed by atoms with E-state index in [9.17, 15) is 0 Å². The summed E-state index contributed by atoms with van der Waals surface area (Å²) in [5.41, 5.74) is 0.927. The molecule has 1 heterocycles. The van der Waals surface area contributed by atoms with Crippen molar-refractivity contribution in [3.8, 4) is 17.1 Å². The van der Waals surface area contributed by atoms with Gasteiger partial charge in [0.05, 0.1) is 23.7 Å². The third kappa shape index (κ3) is 2.23. The molecule has 3 nitrogen and oxygen atoms in total. The minimum Gasteiger partial charge on any atom is -0.496 e. The van der Waals surface area contributed by atoms with Crippen molar-refractivity contribution in [1.29, 1.82) is 0 Å². The summed E-state index contributed by atoms with van der Waals surface area (Å²) in [6.45, 7) is 0. The number of nitrogens with zero attached hydrogens (tertiary/aromatic N) is 1. The average Bonchev–Trinajstić information content (AvgIpc) is 2.77. The van der Waals surface area contributed by atoms with E-state index >= 15 is 0 Å². The molecule has 84 valence electrons. The average molecular weight is 303 g/mol. The third-order valence-corrected chi connectivity index (χ3v) is 2.95. The molecule has 0 aliphatic rings. The van der Waals surface area contributed by atoms with Gasteiger partial charge in [0, 0.05) is 5.56 Å². The quantitative estimate of drug-likeness (QED) is 0.808. The molecular weight excluding hydrogens is 293 g/mol. The zero-order chi connectivity index (χ0) is 11.5. The van der Waals surface area contributed by atoms with Crippen LogP contribution in [0.3, 0.4) is 0 Å². The van der Waals surface area contributed by atoms with Crippen molar-refractivity contribution >= 4 is 27.5 Å². The topological polar surface area (TPSA) is 35.3 Å². The van der Waals surface area contributed by atoms with E-state index in [4.69, 9.17) is 20.8 Å². The lowest BCUT2D eigenvalue weighted by atomic mass is 10.2. The van der Waals surface area contributed by atoms with Gasteiger partial charge in [-0.1, -0.05) is 0 Å². The lowest BCUT2D eigenvalue weighted by Gasteiger charge is -2.03. The van der Waals surface area contributed by atoms with Gasteiger partial charge < -0.3 is 9.15 Å². The summed E-state index contributed by atoms with van der Waals surface area (Å²) in [6, 6.07) is 5.68. The molecule has 0 saturated heterocycles. The number of oxazole rings is 1. The van der Waals surface area contributed by atoms with Crippen LogP contribution in [0.15, 0.2) is 33.3 Å². The fraction of sp³-hybridized carbons (Fsp3) is 0.182. The van der Waals surface area contributed by atoms with Crippen molar-refractivity contribution < 1.29 is 9.15 Å². The summed E-state index contributed by atoms with van der Waals surface area (Å²) < 4.78 is 11.5. The highest BCUT2D eigenvalue weighted by Crippen LogP contribution is 2.30. The Morgan fingerprint density at radius 3 is 2.88 bits per heavy atom. The highest BCUT2D eigenvalue weighted by molar-refractivity contribution is 9.10. The molecule has 5 heteroatoms. The van der Waals surface area contributed by atoms with Gasteiger partial charge in [-0.15, -0.1) is 11.6 Å². The first kappa shape index (κ1) is 11.5. The number of aromatic nitrogens is 1. The van der Waals surface area contributed by atoms with Gasteiger partial charge in [-0.25, -0.2) is 4.98 Å². The smallest absolute Gasteiger partial charge is 0.209 e. The van der Waals surface area contributed by atoms with Gasteiger partial charge in [0.15, 0.2) is 5.76 Å². The number of methoxy groups -OCH3 is 1. The second-order valence-corrected chi connectivity index (χ2v) is 4.22. The van der Waals surface area contributed by atoms with Crippen LogP contribution in [-0.2, 0) is 5.88 Å². The Bertz CT molecular complexity index is 498. The molecule has 0 bridgehead atoms. The first-order chi connectivity index (χ1) is 7.74. The van der Waals surface area contributed by atoms with E-state index in [1.54, 1.807) is 13.3 Å². The summed E-state index contributed by atoms with van der Waals surface area (Å²) in [5.74, 6) is 2.26. The van der Waals surface area contributed by atoms with Crippen LogP contribution in [0.2, 0.25) is 0 Å². The number of ether oxygens (including phenoxy) is 1. The predicted octanol–water partition coefficient (Wildman–Crippen LogP) is 3.85. The van der Waals surface area contributed by atoms with Crippen molar-refractivity contribution in [3.63, 3.8) is 0 Å². The number of benzene rings is 1.